The number of para-hydroxylation sites is 1. The Kier molecular flexibility index (Phi) is 5.12. The van der Waals surface area contributed by atoms with Crippen molar-refractivity contribution in [1.82, 2.24) is 9.29 Å². The van der Waals surface area contributed by atoms with Crippen LogP contribution in [0.3, 0.4) is 0 Å². The zero-order valence-corrected chi connectivity index (χ0v) is 17.0. The molecule has 0 amide bonds. The molecule has 1 aliphatic heterocycles. The van der Waals surface area contributed by atoms with Crippen molar-refractivity contribution in [2.75, 3.05) is 31.1 Å². The molecule has 2 heterocycles. The molecule has 0 unspecified atom stereocenters. The Balaban J connectivity index is 1.62. The average Bonchev–Trinajstić information content (AvgIpc) is 2.73. The molecular weight excluding hydrogens is 411 g/mol. The Morgan fingerprint density at radius 3 is 2.37 bits per heavy atom. The number of nitrogens with zero attached hydrogens (tertiary/aromatic N) is 4. The zero-order valence-electron chi connectivity index (χ0n) is 16.2. The largest absolute Gasteiger partial charge is 0.368 e. The number of sulfonamides is 1. The number of fused-ring (bicyclic) bond motifs is 1. The van der Waals surface area contributed by atoms with Gasteiger partial charge in [-0.1, -0.05) is 12.1 Å². The quantitative estimate of drug-likeness (QED) is 0.466. The van der Waals surface area contributed by atoms with E-state index in [2.05, 4.69) is 4.98 Å². The Morgan fingerprint density at radius 1 is 1.07 bits per heavy atom. The molecule has 156 valence electrons. The third kappa shape index (κ3) is 3.59. The summed E-state index contributed by atoms with van der Waals surface area (Å²) in [5.41, 5.74) is 1.70. The highest BCUT2D eigenvalue weighted by Gasteiger charge is 2.29. The third-order valence-electron chi connectivity index (χ3n) is 5.15. The molecule has 10 heteroatoms. The fraction of sp³-hybridized carbons (Fsp3) is 0.250. The van der Waals surface area contributed by atoms with Crippen LogP contribution in [0.4, 0.5) is 15.8 Å². The molecule has 8 nitrogen and oxygen atoms in total. The summed E-state index contributed by atoms with van der Waals surface area (Å²) in [5, 5.41) is 12.0. The lowest BCUT2D eigenvalue weighted by molar-refractivity contribution is -0.383. The first-order valence-electron chi connectivity index (χ1n) is 9.33. The highest BCUT2D eigenvalue weighted by atomic mass is 32.2. The molecule has 0 saturated carbocycles. The summed E-state index contributed by atoms with van der Waals surface area (Å²) in [5.74, 6) is -0.493. The second kappa shape index (κ2) is 7.62. The molecule has 0 spiro atoms. The maximum atomic E-state index is 13.1. The van der Waals surface area contributed by atoms with Gasteiger partial charge in [-0.3, -0.25) is 10.1 Å². The van der Waals surface area contributed by atoms with Crippen LogP contribution in [-0.2, 0) is 10.0 Å². The van der Waals surface area contributed by atoms with Crippen molar-refractivity contribution < 1.29 is 17.7 Å². The van der Waals surface area contributed by atoms with E-state index in [4.69, 9.17) is 0 Å². The van der Waals surface area contributed by atoms with Crippen molar-refractivity contribution in [3.05, 3.63) is 70.2 Å². The van der Waals surface area contributed by atoms with E-state index in [0.29, 0.717) is 29.7 Å². The van der Waals surface area contributed by atoms with Gasteiger partial charge in [0.1, 0.15) is 5.82 Å². The molecule has 0 atom stereocenters. The number of anilines is 1. The van der Waals surface area contributed by atoms with Gasteiger partial charge in [0.15, 0.2) is 5.52 Å². The molecule has 4 rings (SSSR count). The number of hydrogen-bond acceptors (Lipinski definition) is 6. The Bertz CT molecular complexity index is 1220. The summed E-state index contributed by atoms with van der Waals surface area (Å²) in [6.45, 7) is 3.10. The first-order chi connectivity index (χ1) is 14.3. The van der Waals surface area contributed by atoms with Gasteiger partial charge in [0.05, 0.1) is 9.82 Å². The van der Waals surface area contributed by atoms with Gasteiger partial charge in [-0.25, -0.2) is 17.8 Å². The lowest BCUT2D eigenvalue weighted by Gasteiger charge is -2.36. The summed E-state index contributed by atoms with van der Waals surface area (Å²) in [7, 11) is -3.71. The third-order valence-corrected chi connectivity index (χ3v) is 7.06. The van der Waals surface area contributed by atoms with Crippen LogP contribution in [0.25, 0.3) is 10.9 Å². The summed E-state index contributed by atoms with van der Waals surface area (Å²) in [4.78, 5) is 17.3. The number of halogens is 1. The zero-order chi connectivity index (χ0) is 21.5. The van der Waals surface area contributed by atoms with Gasteiger partial charge < -0.3 is 4.90 Å². The van der Waals surface area contributed by atoms with Gasteiger partial charge in [-0.15, -0.1) is 0 Å². The van der Waals surface area contributed by atoms with Crippen LogP contribution >= 0.6 is 0 Å². The van der Waals surface area contributed by atoms with Crippen molar-refractivity contribution in [2.45, 2.75) is 11.8 Å². The molecule has 0 radical (unpaired) electrons. The SMILES string of the molecule is Cc1cc(N2CCN(S(=O)(=O)c3ccc(F)cc3)CC2)c2cccc([N+](=O)[O-])c2n1. The Morgan fingerprint density at radius 2 is 1.73 bits per heavy atom. The molecule has 1 aliphatic rings. The average molecular weight is 430 g/mol. The van der Waals surface area contributed by atoms with Crippen molar-refractivity contribution in [3.8, 4) is 0 Å². The van der Waals surface area contributed by atoms with Gasteiger partial charge in [0.25, 0.3) is 5.69 Å². The normalized spacial score (nSPS) is 15.5. The Labute approximate surface area is 172 Å². The second-order valence-corrected chi connectivity index (χ2v) is 9.00. The standard InChI is InChI=1S/C20H19FN4O4S/c1-14-13-19(17-3-2-4-18(25(26)27)20(17)22-14)23-9-11-24(12-10-23)30(28,29)16-7-5-15(21)6-8-16/h2-8,13H,9-12H2,1H3. The molecule has 1 aromatic heterocycles. The van der Waals surface area contributed by atoms with Gasteiger partial charge in [-0.05, 0) is 37.3 Å². The van der Waals surface area contributed by atoms with E-state index >= 15 is 0 Å². The molecule has 30 heavy (non-hydrogen) atoms. The van der Waals surface area contributed by atoms with Crippen molar-refractivity contribution in [2.24, 2.45) is 0 Å². The number of nitro groups is 1. The molecule has 0 bridgehead atoms. The highest BCUT2D eigenvalue weighted by Crippen LogP contribution is 2.33. The number of non-ortho nitro benzene ring substituents is 1. The molecule has 2 aromatic carbocycles. The summed E-state index contributed by atoms with van der Waals surface area (Å²) < 4.78 is 40.2. The fourth-order valence-corrected chi connectivity index (χ4v) is 5.10. The maximum Gasteiger partial charge on any atom is 0.295 e. The number of aromatic nitrogens is 1. The van der Waals surface area contributed by atoms with E-state index in [-0.39, 0.29) is 23.7 Å². The van der Waals surface area contributed by atoms with Crippen molar-refractivity contribution in [3.63, 3.8) is 0 Å². The molecule has 1 saturated heterocycles. The lowest BCUT2D eigenvalue weighted by atomic mass is 10.1. The topological polar surface area (TPSA) is 96.7 Å². The van der Waals surface area contributed by atoms with Crippen LogP contribution in [0, 0.1) is 22.9 Å². The highest BCUT2D eigenvalue weighted by molar-refractivity contribution is 7.89. The van der Waals surface area contributed by atoms with Gasteiger partial charge in [0.2, 0.25) is 10.0 Å². The van der Waals surface area contributed by atoms with Crippen LogP contribution in [0.1, 0.15) is 5.69 Å². The number of hydrogen-bond donors (Lipinski definition) is 0. The number of aryl methyl sites for hydroxylation is 1. The van der Waals surface area contributed by atoms with Crippen molar-refractivity contribution in [1.29, 1.82) is 0 Å². The van der Waals surface area contributed by atoms with E-state index in [1.165, 1.54) is 22.5 Å². The predicted molar refractivity (Wildman–Crippen MR) is 111 cm³/mol. The minimum atomic E-state index is -3.71. The molecule has 1 fully saturated rings. The minimum absolute atomic E-state index is 0.0539. The molecule has 0 N–H and O–H groups in total. The maximum absolute atomic E-state index is 13.1. The van der Waals surface area contributed by atoms with E-state index in [1.807, 2.05) is 11.0 Å². The minimum Gasteiger partial charge on any atom is -0.368 e. The molecular formula is C20H19FN4O4S. The van der Waals surface area contributed by atoms with Crippen LogP contribution < -0.4 is 4.90 Å². The van der Waals surface area contributed by atoms with Crippen molar-refractivity contribution >= 4 is 32.3 Å². The Hall–Kier alpha value is -3.11. The van der Waals surface area contributed by atoms with Crippen LogP contribution in [0.5, 0.6) is 0 Å². The van der Waals surface area contributed by atoms with Gasteiger partial charge in [-0.2, -0.15) is 4.31 Å². The molecule has 0 aliphatic carbocycles. The first-order valence-corrected chi connectivity index (χ1v) is 10.8. The number of piperazine rings is 1. The van der Waals surface area contributed by atoms with Crippen LogP contribution in [0.15, 0.2) is 53.4 Å². The second-order valence-electron chi connectivity index (χ2n) is 7.06. The van der Waals surface area contributed by atoms with Crippen LogP contribution in [-0.4, -0.2) is 48.8 Å². The van der Waals surface area contributed by atoms with E-state index in [0.717, 1.165) is 17.8 Å². The monoisotopic (exact) mass is 430 g/mol. The van der Waals surface area contributed by atoms with E-state index in [1.54, 1.807) is 19.1 Å². The number of rotatable bonds is 4. The first kappa shape index (κ1) is 20.2. The lowest BCUT2D eigenvalue weighted by Crippen LogP contribution is -2.48. The van der Waals surface area contributed by atoms with E-state index in [9.17, 15) is 22.9 Å². The van der Waals surface area contributed by atoms with Gasteiger partial charge >= 0.3 is 0 Å². The van der Waals surface area contributed by atoms with Crippen LogP contribution in [0.2, 0.25) is 0 Å². The number of nitro benzene ring substituents is 1. The summed E-state index contributed by atoms with van der Waals surface area (Å²) in [6, 6.07) is 11.5. The molecule has 3 aromatic rings. The summed E-state index contributed by atoms with van der Waals surface area (Å²) >= 11 is 0. The predicted octanol–water partition coefficient (Wildman–Crippen LogP) is 3.10. The number of benzene rings is 2. The smallest absolute Gasteiger partial charge is 0.295 e. The fourth-order valence-electron chi connectivity index (χ4n) is 3.67. The van der Waals surface area contributed by atoms with E-state index < -0.39 is 20.8 Å². The number of pyridine rings is 1. The summed E-state index contributed by atoms with van der Waals surface area (Å²) in [6.07, 6.45) is 0. The van der Waals surface area contributed by atoms with Gasteiger partial charge in [0, 0.05) is 49.0 Å².